The van der Waals surface area contributed by atoms with Gasteiger partial charge in [-0.25, -0.2) is 9.59 Å². The Morgan fingerprint density at radius 1 is 1.29 bits per heavy atom. The molecule has 0 spiro atoms. The summed E-state index contributed by atoms with van der Waals surface area (Å²) in [6, 6.07) is -1.19. The standard InChI is InChI=1S/C14H25N3O4/c1-9(2)8-16-11(18)4-6-15-14(21)17-7-5-10(3)12(17)13(19)20/h9-10,12H,4-8H2,1-3H3,(H,15,21)(H,16,18)(H,19,20). The highest BCUT2D eigenvalue weighted by Crippen LogP contribution is 2.23. The molecule has 0 aromatic heterocycles. The first-order valence-corrected chi connectivity index (χ1v) is 7.37. The number of hydrogen-bond donors (Lipinski definition) is 3. The number of nitrogens with one attached hydrogen (secondary N) is 2. The summed E-state index contributed by atoms with van der Waals surface area (Å²) in [6.45, 7) is 7.08. The lowest BCUT2D eigenvalue weighted by atomic mass is 10.0. The summed E-state index contributed by atoms with van der Waals surface area (Å²) >= 11 is 0. The monoisotopic (exact) mass is 299 g/mol. The molecule has 2 atom stereocenters. The molecule has 0 aliphatic carbocycles. The lowest BCUT2D eigenvalue weighted by Crippen LogP contribution is -2.48. The van der Waals surface area contributed by atoms with E-state index in [1.807, 2.05) is 20.8 Å². The van der Waals surface area contributed by atoms with Crippen molar-refractivity contribution in [3.05, 3.63) is 0 Å². The van der Waals surface area contributed by atoms with E-state index in [0.717, 1.165) is 0 Å². The molecule has 1 aliphatic rings. The van der Waals surface area contributed by atoms with E-state index in [0.29, 0.717) is 25.4 Å². The minimum absolute atomic E-state index is 0.0532. The number of rotatable bonds is 6. The van der Waals surface area contributed by atoms with E-state index in [2.05, 4.69) is 10.6 Å². The molecule has 2 unspecified atom stereocenters. The zero-order valence-corrected chi connectivity index (χ0v) is 12.9. The van der Waals surface area contributed by atoms with Crippen molar-refractivity contribution in [3.8, 4) is 0 Å². The lowest BCUT2D eigenvalue weighted by Gasteiger charge is -2.23. The summed E-state index contributed by atoms with van der Waals surface area (Å²) in [5, 5.41) is 14.5. The van der Waals surface area contributed by atoms with Gasteiger partial charge >= 0.3 is 12.0 Å². The Hall–Kier alpha value is -1.79. The molecule has 1 rings (SSSR count). The number of carbonyl (C=O) groups excluding carboxylic acids is 2. The number of hydrogen-bond acceptors (Lipinski definition) is 3. The molecule has 1 saturated heterocycles. The van der Waals surface area contributed by atoms with Crippen molar-refractivity contribution in [2.24, 2.45) is 11.8 Å². The molecule has 7 nitrogen and oxygen atoms in total. The molecule has 3 amide bonds. The van der Waals surface area contributed by atoms with Crippen LogP contribution in [0.3, 0.4) is 0 Å². The average Bonchev–Trinajstić information content (AvgIpc) is 2.78. The second kappa shape index (κ2) is 7.85. The SMILES string of the molecule is CC(C)CNC(=O)CCNC(=O)N1CCC(C)C1C(=O)O. The van der Waals surface area contributed by atoms with E-state index in [-0.39, 0.29) is 24.8 Å². The highest BCUT2D eigenvalue weighted by atomic mass is 16.4. The van der Waals surface area contributed by atoms with Gasteiger partial charge in [0, 0.05) is 26.1 Å². The van der Waals surface area contributed by atoms with E-state index < -0.39 is 18.0 Å². The summed E-state index contributed by atoms with van der Waals surface area (Å²) in [7, 11) is 0. The fourth-order valence-corrected chi connectivity index (χ4v) is 2.34. The van der Waals surface area contributed by atoms with Gasteiger partial charge in [-0.2, -0.15) is 0 Å². The van der Waals surface area contributed by atoms with E-state index >= 15 is 0 Å². The Balaban J connectivity index is 2.34. The van der Waals surface area contributed by atoms with Crippen molar-refractivity contribution in [1.29, 1.82) is 0 Å². The normalized spacial score (nSPS) is 21.4. The first kappa shape index (κ1) is 17.3. The van der Waals surface area contributed by atoms with Crippen LogP contribution in [-0.4, -0.2) is 53.6 Å². The van der Waals surface area contributed by atoms with Crippen LogP contribution < -0.4 is 10.6 Å². The second-order valence-corrected chi connectivity index (χ2v) is 5.92. The molecule has 120 valence electrons. The van der Waals surface area contributed by atoms with Crippen LogP contribution in [-0.2, 0) is 9.59 Å². The van der Waals surface area contributed by atoms with E-state index in [1.165, 1.54) is 4.90 Å². The Morgan fingerprint density at radius 2 is 1.95 bits per heavy atom. The maximum atomic E-state index is 12.0. The smallest absolute Gasteiger partial charge is 0.326 e. The number of carboxylic acid groups (broad SMARTS) is 1. The Labute approximate surface area is 125 Å². The third-order valence-electron chi connectivity index (χ3n) is 3.55. The van der Waals surface area contributed by atoms with Crippen molar-refractivity contribution >= 4 is 17.9 Å². The quantitative estimate of drug-likeness (QED) is 0.670. The molecule has 0 aromatic carbocycles. The number of carbonyl (C=O) groups is 3. The zero-order chi connectivity index (χ0) is 16.0. The predicted molar refractivity (Wildman–Crippen MR) is 77.8 cm³/mol. The zero-order valence-electron chi connectivity index (χ0n) is 12.9. The lowest BCUT2D eigenvalue weighted by molar-refractivity contribution is -0.142. The van der Waals surface area contributed by atoms with Crippen molar-refractivity contribution in [3.63, 3.8) is 0 Å². The summed E-state index contributed by atoms with van der Waals surface area (Å²) in [6.07, 6.45) is 0.874. The largest absolute Gasteiger partial charge is 0.480 e. The van der Waals surface area contributed by atoms with Crippen molar-refractivity contribution in [1.82, 2.24) is 15.5 Å². The van der Waals surface area contributed by atoms with Gasteiger partial charge < -0.3 is 20.6 Å². The van der Waals surface area contributed by atoms with Crippen LogP contribution >= 0.6 is 0 Å². The van der Waals surface area contributed by atoms with Gasteiger partial charge in [-0.3, -0.25) is 4.79 Å². The van der Waals surface area contributed by atoms with Gasteiger partial charge in [0.1, 0.15) is 6.04 Å². The van der Waals surface area contributed by atoms with Gasteiger partial charge in [0.05, 0.1) is 0 Å². The van der Waals surface area contributed by atoms with Crippen molar-refractivity contribution in [2.45, 2.75) is 39.7 Å². The fourth-order valence-electron chi connectivity index (χ4n) is 2.34. The van der Waals surface area contributed by atoms with E-state index in [4.69, 9.17) is 5.11 Å². The highest BCUT2D eigenvalue weighted by Gasteiger charge is 2.39. The summed E-state index contributed by atoms with van der Waals surface area (Å²) in [4.78, 5) is 36.0. The third-order valence-corrected chi connectivity index (χ3v) is 3.55. The number of aliphatic carboxylic acids is 1. The molecule has 21 heavy (non-hydrogen) atoms. The molecule has 1 fully saturated rings. The van der Waals surface area contributed by atoms with Crippen LogP contribution in [0.25, 0.3) is 0 Å². The highest BCUT2D eigenvalue weighted by molar-refractivity contribution is 5.84. The van der Waals surface area contributed by atoms with Crippen LogP contribution in [0.1, 0.15) is 33.6 Å². The molecule has 0 aromatic rings. The topological polar surface area (TPSA) is 98.7 Å². The molecule has 0 radical (unpaired) electrons. The molecule has 1 aliphatic heterocycles. The van der Waals surface area contributed by atoms with Crippen LogP contribution in [0.2, 0.25) is 0 Å². The maximum Gasteiger partial charge on any atom is 0.326 e. The van der Waals surface area contributed by atoms with Gasteiger partial charge in [0.2, 0.25) is 5.91 Å². The van der Waals surface area contributed by atoms with Gasteiger partial charge in [0.15, 0.2) is 0 Å². The van der Waals surface area contributed by atoms with Crippen LogP contribution in [0.15, 0.2) is 0 Å². The van der Waals surface area contributed by atoms with E-state index in [9.17, 15) is 14.4 Å². The van der Waals surface area contributed by atoms with Crippen molar-refractivity contribution in [2.75, 3.05) is 19.6 Å². The van der Waals surface area contributed by atoms with Crippen molar-refractivity contribution < 1.29 is 19.5 Å². The number of likely N-dealkylation sites (tertiary alicyclic amines) is 1. The van der Waals surface area contributed by atoms with Crippen LogP contribution in [0.5, 0.6) is 0 Å². The molecule has 3 N–H and O–H groups in total. The summed E-state index contributed by atoms with van der Waals surface area (Å²) < 4.78 is 0. The van der Waals surface area contributed by atoms with Gasteiger partial charge in [-0.15, -0.1) is 0 Å². The number of urea groups is 1. The Bertz CT molecular complexity index is 398. The molecule has 7 heteroatoms. The number of amides is 3. The number of nitrogens with zero attached hydrogens (tertiary/aromatic N) is 1. The molecular formula is C14H25N3O4. The third kappa shape index (κ3) is 5.24. The Kier molecular flexibility index (Phi) is 6.45. The fraction of sp³-hybridized carbons (Fsp3) is 0.786. The maximum absolute atomic E-state index is 12.0. The summed E-state index contributed by atoms with van der Waals surface area (Å²) in [5.41, 5.74) is 0. The second-order valence-electron chi connectivity index (χ2n) is 5.92. The first-order valence-electron chi connectivity index (χ1n) is 7.37. The predicted octanol–water partition coefficient (Wildman–Crippen LogP) is 0.653. The molecular weight excluding hydrogens is 274 g/mol. The molecule has 0 saturated carbocycles. The van der Waals surface area contributed by atoms with Gasteiger partial charge in [-0.05, 0) is 18.3 Å². The van der Waals surface area contributed by atoms with Gasteiger partial charge in [-0.1, -0.05) is 20.8 Å². The Morgan fingerprint density at radius 3 is 2.52 bits per heavy atom. The van der Waals surface area contributed by atoms with Crippen LogP contribution in [0.4, 0.5) is 4.79 Å². The van der Waals surface area contributed by atoms with Crippen LogP contribution in [0, 0.1) is 11.8 Å². The summed E-state index contributed by atoms with van der Waals surface area (Å²) in [5.74, 6) is -0.771. The minimum atomic E-state index is -0.982. The number of carboxylic acids is 1. The van der Waals surface area contributed by atoms with Gasteiger partial charge in [0.25, 0.3) is 0 Å². The first-order chi connectivity index (χ1) is 9.82. The molecule has 0 bridgehead atoms. The van der Waals surface area contributed by atoms with E-state index in [1.54, 1.807) is 0 Å². The average molecular weight is 299 g/mol. The molecule has 1 heterocycles. The minimum Gasteiger partial charge on any atom is -0.480 e.